The van der Waals surface area contributed by atoms with Crippen molar-refractivity contribution in [2.24, 2.45) is 0 Å². The first-order valence-corrected chi connectivity index (χ1v) is 7.28. The van der Waals surface area contributed by atoms with Gasteiger partial charge in [0.2, 0.25) is 0 Å². The number of alkyl halides is 1. The number of nitriles is 1. The van der Waals surface area contributed by atoms with Crippen LogP contribution >= 0.6 is 23.2 Å². The summed E-state index contributed by atoms with van der Waals surface area (Å²) < 4.78 is 4.98. The van der Waals surface area contributed by atoms with Crippen molar-refractivity contribution in [3.8, 4) is 11.8 Å². The molecule has 0 aliphatic rings. The minimum Gasteiger partial charge on any atom is -0.426 e. The molecule has 110 valence electrons. The molecule has 0 fully saturated rings. The van der Waals surface area contributed by atoms with Gasteiger partial charge in [0.1, 0.15) is 11.6 Å². The smallest absolute Gasteiger partial charge is 0.326 e. The summed E-state index contributed by atoms with van der Waals surface area (Å²) in [6.07, 6.45) is 1.75. The van der Waals surface area contributed by atoms with Gasteiger partial charge in [0, 0.05) is 5.02 Å². The predicted molar refractivity (Wildman–Crippen MR) is 87.7 cm³/mol. The first kappa shape index (κ1) is 16.1. The lowest BCUT2D eigenvalue weighted by atomic mass is 10.0. The second-order valence-corrected chi connectivity index (χ2v) is 5.06. The molecule has 2 aromatic rings. The van der Waals surface area contributed by atoms with Crippen molar-refractivity contribution < 1.29 is 9.53 Å². The number of nitrogens with zero attached hydrogens (tertiary/aromatic N) is 1. The Bertz CT molecular complexity index is 729. The van der Waals surface area contributed by atoms with Crippen molar-refractivity contribution in [1.29, 1.82) is 5.26 Å². The van der Waals surface area contributed by atoms with Gasteiger partial charge in [0.05, 0.1) is 11.6 Å². The normalized spacial score (nSPS) is 10.9. The van der Waals surface area contributed by atoms with Crippen LogP contribution in [-0.4, -0.2) is 11.8 Å². The Kier molecular flexibility index (Phi) is 5.60. The molecule has 2 rings (SSSR count). The van der Waals surface area contributed by atoms with Gasteiger partial charge in [-0.25, -0.2) is 0 Å². The third kappa shape index (κ3) is 4.36. The lowest BCUT2D eigenvalue weighted by Gasteiger charge is -2.03. The van der Waals surface area contributed by atoms with Gasteiger partial charge in [0.15, 0.2) is 0 Å². The van der Waals surface area contributed by atoms with Gasteiger partial charge in [-0.3, -0.25) is 4.79 Å². The lowest BCUT2D eigenvalue weighted by Crippen LogP contribution is -2.08. The zero-order valence-electron chi connectivity index (χ0n) is 11.4. The highest BCUT2D eigenvalue weighted by Gasteiger charge is 2.04. The van der Waals surface area contributed by atoms with Crippen LogP contribution in [0.3, 0.4) is 0 Å². The van der Waals surface area contributed by atoms with Crippen LogP contribution in [0.4, 0.5) is 0 Å². The van der Waals surface area contributed by atoms with Crippen LogP contribution in [0.5, 0.6) is 5.75 Å². The van der Waals surface area contributed by atoms with E-state index in [2.05, 4.69) is 6.07 Å². The van der Waals surface area contributed by atoms with Crippen LogP contribution in [0.25, 0.3) is 11.6 Å². The molecule has 22 heavy (non-hydrogen) atoms. The molecule has 0 saturated heterocycles. The lowest BCUT2D eigenvalue weighted by molar-refractivity contribution is -0.131. The molecule has 0 unspecified atom stereocenters. The van der Waals surface area contributed by atoms with Crippen LogP contribution in [0, 0.1) is 11.3 Å². The SMILES string of the molecule is N#C/C(=C/c1ccc(OC(=O)CCl)cc1)c1ccc(Cl)cc1. The van der Waals surface area contributed by atoms with E-state index in [0.717, 1.165) is 11.1 Å². The summed E-state index contributed by atoms with van der Waals surface area (Å²) in [5.41, 5.74) is 2.11. The van der Waals surface area contributed by atoms with Crippen LogP contribution in [-0.2, 0) is 4.79 Å². The van der Waals surface area contributed by atoms with Crippen molar-refractivity contribution in [2.45, 2.75) is 0 Å². The number of benzene rings is 2. The number of carbonyl (C=O) groups is 1. The molecule has 0 radical (unpaired) electrons. The van der Waals surface area contributed by atoms with Gasteiger partial charge in [-0.2, -0.15) is 5.26 Å². The molecule has 0 bridgehead atoms. The monoisotopic (exact) mass is 331 g/mol. The molecule has 0 spiro atoms. The number of allylic oxidation sites excluding steroid dienone is 1. The molecule has 0 atom stereocenters. The topological polar surface area (TPSA) is 50.1 Å². The van der Waals surface area contributed by atoms with E-state index in [4.69, 9.17) is 27.9 Å². The molecular weight excluding hydrogens is 321 g/mol. The van der Waals surface area contributed by atoms with E-state index in [0.29, 0.717) is 16.3 Å². The summed E-state index contributed by atoms with van der Waals surface area (Å²) in [4.78, 5) is 11.1. The highest BCUT2D eigenvalue weighted by molar-refractivity contribution is 6.30. The molecule has 0 aliphatic heterocycles. The van der Waals surface area contributed by atoms with E-state index in [1.807, 2.05) is 0 Å². The molecule has 0 saturated carbocycles. The van der Waals surface area contributed by atoms with Gasteiger partial charge < -0.3 is 4.74 Å². The Morgan fingerprint density at radius 1 is 1.14 bits per heavy atom. The fourth-order valence-corrected chi connectivity index (χ4v) is 1.95. The molecule has 0 amide bonds. The molecule has 5 heteroatoms. The van der Waals surface area contributed by atoms with Crippen LogP contribution in [0.1, 0.15) is 11.1 Å². The first-order chi connectivity index (χ1) is 10.6. The van der Waals surface area contributed by atoms with Gasteiger partial charge in [-0.1, -0.05) is 35.9 Å². The Labute approximate surface area is 138 Å². The van der Waals surface area contributed by atoms with Gasteiger partial charge in [-0.15, -0.1) is 11.6 Å². The van der Waals surface area contributed by atoms with Crippen molar-refractivity contribution in [3.05, 3.63) is 64.7 Å². The van der Waals surface area contributed by atoms with Crippen molar-refractivity contribution in [3.63, 3.8) is 0 Å². The van der Waals surface area contributed by atoms with E-state index in [1.165, 1.54) is 0 Å². The first-order valence-electron chi connectivity index (χ1n) is 6.37. The fraction of sp³-hybridized carbons (Fsp3) is 0.0588. The average Bonchev–Trinajstić information content (AvgIpc) is 2.55. The van der Waals surface area contributed by atoms with Crippen molar-refractivity contribution in [1.82, 2.24) is 0 Å². The number of hydrogen-bond donors (Lipinski definition) is 0. The van der Waals surface area contributed by atoms with E-state index >= 15 is 0 Å². The van der Waals surface area contributed by atoms with Gasteiger partial charge in [-0.05, 0) is 41.5 Å². The number of hydrogen-bond acceptors (Lipinski definition) is 3. The van der Waals surface area contributed by atoms with E-state index < -0.39 is 5.97 Å². The number of ether oxygens (including phenoxy) is 1. The standard InChI is InChI=1S/C17H11Cl2NO2/c18-10-17(21)22-16-7-1-12(2-8-16)9-14(11-20)13-3-5-15(19)6-4-13/h1-9H,10H2/b14-9-. The minimum atomic E-state index is -0.510. The molecule has 3 nitrogen and oxygen atoms in total. The third-order valence-electron chi connectivity index (χ3n) is 2.81. The zero-order valence-corrected chi connectivity index (χ0v) is 12.9. The van der Waals surface area contributed by atoms with E-state index in [9.17, 15) is 10.1 Å². The van der Waals surface area contributed by atoms with E-state index in [1.54, 1.807) is 54.6 Å². The Morgan fingerprint density at radius 3 is 2.32 bits per heavy atom. The van der Waals surface area contributed by atoms with Crippen LogP contribution in [0.2, 0.25) is 5.02 Å². The van der Waals surface area contributed by atoms with Crippen LogP contribution < -0.4 is 4.74 Å². The molecule has 0 N–H and O–H groups in total. The summed E-state index contributed by atoms with van der Waals surface area (Å²) in [6.45, 7) is 0. The summed E-state index contributed by atoms with van der Waals surface area (Å²) in [7, 11) is 0. The Balaban J connectivity index is 2.21. The summed E-state index contributed by atoms with van der Waals surface area (Å²) in [5.74, 6) is -0.298. The molecule has 0 aliphatic carbocycles. The number of esters is 1. The average molecular weight is 332 g/mol. The number of rotatable bonds is 4. The van der Waals surface area contributed by atoms with Crippen molar-refractivity contribution >= 4 is 40.8 Å². The maximum Gasteiger partial charge on any atom is 0.326 e. The summed E-state index contributed by atoms with van der Waals surface area (Å²) in [5, 5.41) is 9.90. The second-order valence-electron chi connectivity index (χ2n) is 4.35. The minimum absolute atomic E-state index is 0.198. The molecule has 0 heterocycles. The Hall–Kier alpha value is -2.28. The highest BCUT2D eigenvalue weighted by atomic mass is 35.5. The predicted octanol–water partition coefficient (Wildman–Crippen LogP) is 4.55. The van der Waals surface area contributed by atoms with Gasteiger partial charge >= 0.3 is 5.97 Å². The van der Waals surface area contributed by atoms with Gasteiger partial charge in [0.25, 0.3) is 0 Å². The maximum absolute atomic E-state index is 11.1. The van der Waals surface area contributed by atoms with Crippen molar-refractivity contribution in [2.75, 3.05) is 5.88 Å². The summed E-state index contributed by atoms with van der Waals surface area (Å²) >= 11 is 11.2. The number of halogens is 2. The Morgan fingerprint density at radius 2 is 1.77 bits per heavy atom. The largest absolute Gasteiger partial charge is 0.426 e. The zero-order chi connectivity index (χ0) is 15.9. The summed E-state index contributed by atoms with van der Waals surface area (Å²) in [6, 6.07) is 16.0. The van der Waals surface area contributed by atoms with E-state index in [-0.39, 0.29) is 5.88 Å². The third-order valence-corrected chi connectivity index (χ3v) is 3.28. The molecule has 0 aromatic heterocycles. The van der Waals surface area contributed by atoms with Crippen LogP contribution in [0.15, 0.2) is 48.5 Å². The molecule has 2 aromatic carbocycles. The number of carbonyl (C=O) groups excluding carboxylic acids is 1. The maximum atomic E-state index is 11.1. The quantitative estimate of drug-likeness (QED) is 0.271. The fourth-order valence-electron chi connectivity index (χ4n) is 1.77. The highest BCUT2D eigenvalue weighted by Crippen LogP contribution is 2.21. The molecular formula is C17H11Cl2NO2. The second kappa shape index (κ2) is 7.65.